The standard InChI is InChI=1S/C26H28N6O/c1-26(2,33)17-32-16-22(25(31-32)21-4-3-9-27-15-21)23-8-11-29-24(30-23)13-18-5-6-20-14-28-10-7-19(20)12-18/h3-6,8-9,11-12,15-16,28,33H,7,10,13-14,17H2,1-2H3. The average molecular weight is 441 g/mol. The molecule has 0 amide bonds. The molecule has 0 unspecified atom stereocenters. The Kier molecular flexibility index (Phi) is 5.74. The first-order valence-corrected chi connectivity index (χ1v) is 11.3. The Morgan fingerprint density at radius 3 is 2.85 bits per heavy atom. The molecule has 0 radical (unpaired) electrons. The van der Waals surface area contributed by atoms with Gasteiger partial charge in [-0.1, -0.05) is 18.2 Å². The normalized spacial score (nSPS) is 13.7. The van der Waals surface area contributed by atoms with E-state index in [1.54, 1.807) is 37.1 Å². The molecule has 1 aromatic carbocycles. The van der Waals surface area contributed by atoms with Gasteiger partial charge in [-0.2, -0.15) is 5.10 Å². The first-order chi connectivity index (χ1) is 15.9. The highest BCUT2D eigenvalue weighted by Crippen LogP contribution is 2.30. The summed E-state index contributed by atoms with van der Waals surface area (Å²) in [5, 5.41) is 18.5. The Morgan fingerprint density at radius 2 is 2.03 bits per heavy atom. The van der Waals surface area contributed by atoms with Crippen molar-refractivity contribution in [3.05, 3.63) is 83.7 Å². The largest absolute Gasteiger partial charge is 0.389 e. The Morgan fingerprint density at radius 1 is 1.12 bits per heavy atom. The van der Waals surface area contributed by atoms with E-state index >= 15 is 0 Å². The molecule has 0 atom stereocenters. The lowest BCUT2D eigenvalue weighted by molar-refractivity contribution is 0.0578. The summed E-state index contributed by atoms with van der Waals surface area (Å²) in [5.41, 5.74) is 6.53. The van der Waals surface area contributed by atoms with Gasteiger partial charge in [-0.3, -0.25) is 9.67 Å². The van der Waals surface area contributed by atoms with Crippen LogP contribution in [0.4, 0.5) is 0 Å². The van der Waals surface area contributed by atoms with E-state index in [1.165, 1.54) is 16.7 Å². The number of benzene rings is 1. The topological polar surface area (TPSA) is 88.8 Å². The molecule has 0 saturated heterocycles. The summed E-state index contributed by atoms with van der Waals surface area (Å²) in [5.74, 6) is 0.772. The summed E-state index contributed by atoms with van der Waals surface area (Å²) in [6.07, 6.45) is 9.02. The van der Waals surface area contributed by atoms with Crippen LogP contribution in [0.15, 0.2) is 61.2 Å². The summed E-state index contributed by atoms with van der Waals surface area (Å²) >= 11 is 0. The maximum absolute atomic E-state index is 10.3. The number of hydrogen-bond acceptors (Lipinski definition) is 6. The number of rotatable bonds is 6. The molecular formula is C26H28N6O. The summed E-state index contributed by atoms with van der Waals surface area (Å²) in [7, 11) is 0. The minimum Gasteiger partial charge on any atom is -0.389 e. The van der Waals surface area contributed by atoms with Crippen LogP contribution in [-0.2, 0) is 25.9 Å². The SMILES string of the molecule is CC(C)(O)Cn1cc(-c2ccnc(Cc3ccc4c(c3)CCNC4)n2)c(-c2cccnc2)n1. The number of nitrogens with one attached hydrogen (secondary N) is 1. The second-order valence-electron chi connectivity index (χ2n) is 9.21. The van der Waals surface area contributed by atoms with E-state index in [0.717, 1.165) is 47.8 Å². The van der Waals surface area contributed by atoms with Gasteiger partial charge in [0.2, 0.25) is 0 Å². The third kappa shape index (κ3) is 4.99. The molecule has 1 aliphatic heterocycles. The first kappa shape index (κ1) is 21.4. The quantitative estimate of drug-likeness (QED) is 0.478. The molecule has 4 heterocycles. The predicted octanol–water partition coefficient (Wildman–Crippen LogP) is 3.41. The lowest BCUT2D eigenvalue weighted by Gasteiger charge is -2.17. The molecule has 0 bridgehead atoms. The van der Waals surface area contributed by atoms with Crippen molar-refractivity contribution in [1.82, 2.24) is 30.0 Å². The molecule has 7 nitrogen and oxygen atoms in total. The highest BCUT2D eigenvalue weighted by molar-refractivity contribution is 5.78. The van der Waals surface area contributed by atoms with Gasteiger partial charge < -0.3 is 10.4 Å². The van der Waals surface area contributed by atoms with Crippen LogP contribution < -0.4 is 5.32 Å². The molecule has 1 aliphatic rings. The predicted molar refractivity (Wildman–Crippen MR) is 127 cm³/mol. The van der Waals surface area contributed by atoms with E-state index in [-0.39, 0.29) is 0 Å². The monoisotopic (exact) mass is 440 g/mol. The van der Waals surface area contributed by atoms with Crippen LogP contribution >= 0.6 is 0 Å². The molecule has 168 valence electrons. The minimum atomic E-state index is -0.881. The molecule has 3 aromatic heterocycles. The number of nitrogens with zero attached hydrogens (tertiary/aromatic N) is 5. The molecule has 4 aromatic rings. The van der Waals surface area contributed by atoms with Gasteiger partial charge in [0.05, 0.1) is 17.8 Å². The number of aromatic nitrogens is 5. The van der Waals surface area contributed by atoms with Crippen molar-refractivity contribution in [3.63, 3.8) is 0 Å². The zero-order valence-electron chi connectivity index (χ0n) is 19.0. The van der Waals surface area contributed by atoms with Crippen molar-refractivity contribution in [1.29, 1.82) is 0 Å². The van der Waals surface area contributed by atoms with Crippen LogP contribution in [0.1, 0.15) is 36.4 Å². The van der Waals surface area contributed by atoms with Gasteiger partial charge in [-0.05, 0) is 61.7 Å². The molecule has 0 saturated carbocycles. The van der Waals surface area contributed by atoms with Crippen molar-refractivity contribution in [3.8, 4) is 22.5 Å². The highest BCUT2D eigenvalue weighted by Gasteiger charge is 2.20. The lowest BCUT2D eigenvalue weighted by Crippen LogP contribution is -2.26. The van der Waals surface area contributed by atoms with Crippen LogP contribution in [0.2, 0.25) is 0 Å². The number of hydrogen-bond donors (Lipinski definition) is 2. The van der Waals surface area contributed by atoms with E-state index in [9.17, 15) is 5.11 Å². The first-order valence-electron chi connectivity index (χ1n) is 11.3. The van der Waals surface area contributed by atoms with Crippen molar-refractivity contribution in [2.45, 2.75) is 45.4 Å². The van der Waals surface area contributed by atoms with E-state index in [2.05, 4.69) is 33.5 Å². The number of aliphatic hydroxyl groups is 1. The van der Waals surface area contributed by atoms with Gasteiger partial charge in [0, 0.05) is 48.9 Å². The van der Waals surface area contributed by atoms with Gasteiger partial charge in [-0.25, -0.2) is 9.97 Å². The van der Waals surface area contributed by atoms with E-state index < -0.39 is 5.60 Å². The van der Waals surface area contributed by atoms with Crippen LogP contribution in [0.25, 0.3) is 22.5 Å². The Labute approximate surface area is 193 Å². The third-order valence-electron chi connectivity index (χ3n) is 5.75. The van der Waals surface area contributed by atoms with E-state index in [1.807, 2.05) is 24.4 Å². The fourth-order valence-corrected chi connectivity index (χ4v) is 4.26. The van der Waals surface area contributed by atoms with Crippen LogP contribution in [0.5, 0.6) is 0 Å². The molecule has 5 rings (SSSR count). The fourth-order valence-electron chi connectivity index (χ4n) is 4.26. The second-order valence-corrected chi connectivity index (χ2v) is 9.21. The molecule has 7 heteroatoms. The van der Waals surface area contributed by atoms with E-state index in [0.29, 0.717) is 13.0 Å². The molecular weight excluding hydrogens is 412 g/mol. The number of fused-ring (bicyclic) bond motifs is 1. The second kappa shape index (κ2) is 8.84. The van der Waals surface area contributed by atoms with E-state index in [4.69, 9.17) is 10.1 Å². The summed E-state index contributed by atoms with van der Waals surface area (Å²) < 4.78 is 1.77. The zero-order valence-corrected chi connectivity index (χ0v) is 19.0. The van der Waals surface area contributed by atoms with Crippen molar-refractivity contribution < 1.29 is 5.11 Å². The summed E-state index contributed by atoms with van der Waals surface area (Å²) in [6, 6.07) is 12.5. The van der Waals surface area contributed by atoms with Gasteiger partial charge in [0.1, 0.15) is 11.5 Å². The molecule has 2 N–H and O–H groups in total. The Hall–Kier alpha value is -3.42. The lowest BCUT2D eigenvalue weighted by atomic mass is 9.97. The van der Waals surface area contributed by atoms with Gasteiger partial charge in [-0.15, -0.1) is 0 Å². The van der Waals surface area contributed by atoms with Crippen molar-refractivity contribution in [2.75, 3.05) is 6.54 Å². The maximum atomic E-state index is 10.3. The smallest absolute Gasteiger partial charge is 0.133 e. The van der Waals surface area contributed by atoms with Crippen LogP contribution in [-0.4, -0.2) is 42.0 Å². The molecule has 0 aliphatic carbocycles. The van der Waals surface area contributed by atoms with Gasteiger partial charge >= 0.3 is 0 Å². The average Bonchev–Trinajstić information content (AvgIpc) is 3.22. The number of pyridine rings is 1. The Bertz CT molecular complexity index is 1260. The highest BCUT2D eigenvalue weighted by atomic mass is 16.3. The maximum Gasteiger partial charge on any atom is 0.133 e. The Balaban J connectivity index is 1.49. The van der Waals surface area contributed by atoms with Crippen LogP contribution in [0, 0.1) is 0 Å². The summed E-state index contributed by atoms with van der Waals surface area (Å²) in [4.78, 5) is 13.7. The zero-order chi connectivity index (χ0) is 22.8. The van der Waals surface area contributed by atoms with Gasteiger partial charge in [0.15, 0.2) is 0 Å². The van der Waals surface area contributed by atoms with Crippen LogP contribution in [0.3, 0.4) is 0 Å². The molecule has 33 heavy (non-hydrogen) atoms. The van der Waals surface area contributed by atoms with Crippen molar-refractivity contribution >= 4 is 0 Å². The third-order valence-corrected chi connectivity index (χ3v) is 5.75. The minimum absolute atomic E-state index is 0.377. The van der Waals surface area contributed by atoms with Crippen molar-refractivity contribution in [2.24, 2.45) is 0 Å². The molecule has 0 fully saturated rings. The fraction of sp³-hybridized carbons (Fsp3) is 0.308. The van der Waals surface area contributed by atoms with Gasteiger partial charge in [0.25, 0.3) is 0 Å². The molecule has 0 spiro atoms. The summed E-state index contributed by atoms with van der Waals surface area (Å²) in [6.45, 7) is 5.88.